The molecule has 0 spiro atoms. The Kier molecular flexibility index (Phi) is 35.5. The number of methoxy groups -OCH3 is 1. The molecule has 0 fully saturated rings. The number of nitrogens with two attached hydrogens (primary N) is 1. The Morgan fingerprint density at radius 2 is 1.57 bits per heavy atom. The minimum atomic E-state index is -0.312. The average Bonchev–Trinajstić information content (AvgIpc) is 3.11. The van der Waals surface area contributed by atoms with Crippen LogP contribution in [-0.2, 0) is 15.9 Å². The lowest BCUT2D eigenvalue weighted by atomic mass is 10.0. The molecule has 3 nitrogen and oxygen atoms in total. The second kappa shape index (κ2) is 31.5. The quantitative estimate of drug-likeness (QED) is 0.363. The number of hydrogen-bond acceptors (Lipinski definition) is 3. The van der Waals surface area contributed by atoms with Gasteiger partial charge in [0.15, 0.2) is 0 Å². The molecule has 0 heterocycles. The van der Waals surface area contributed by atoms with Gasteiger partial charge in [-0.2, -0.15) is 0 Å². The number of ether oxygens (including phenoxy) is 2. The summed E-state index contributed by atoms with van der Waals surface area (Å²) in [5, 5.41) is 0. The summed E-state index contributed by atoms with van der Waals surface area (Å²) in [7, 11) is 5.25. The maximum Gasteiger partial charge on any atom is 0.0954 e. The van der Waals surface area contributed by atoms with Crippen LogP contribution in [0.15, 0.2) is 78.1 Å². The molecule has 1 aromatic rings. The number of rotatable bonds is 7. The van der Waals surface area contributed by atoms with Gasteiger partial charge in [-0.25, -0.2) is 0 Å². The summed E-state index contributed by atoms with van der Waals surface area (Å²) in [6.07, 6.45) is 12.6. The Morgan fingerprint density at radius 3 is 2.03 bits per heavy atom. The SMILES string of the molecule is C=C(C)OCCc1ccc(/C(C)=C/C(C)CF)cc1.CC.CC1=CC=C(C)CC=C1.CF.CN.COC. The summed E-state index contributed by atoms with van der Waals surface area (Å²) in [5.41, 5.74) is 10.8. The highest BCUT2D eigenvalue weighted by atomic mass is 19.1. The Hall–Kier alpha value is -2.50. The molecule has 0 saturated carbocycles. The van der Waals surface area contributed by atoms with E-state index in [0.717, 1.165) is 29.7 Å². The van der Waals surface area contributed by atoms with E-state index in [0.29, 0.717) is 13.8 Å². The van der Waals surface area contributed by atoms with Crippen molar-refractivity contribution in [3.05, 3.63) is 89.3 Å². The number of allylic oxidation sites excluding steroid dienone is 9. The summed E-state index contributed by atoms with van der Waals surface area (Å²) in [6.45, 7) is 18.1. The molecule has 0 bridgehead atoms. The van der Waals surface area contributed by atoms with Gasteiger partial charge in [-0.05, 0) is 57.9 Å². The molecule has 0 amide bonds. The van der Waals surface area contributed by atoms with E-state index in [-0.39, 0.29) is 12.6 Å². The number of benzene rings is 1. The zero-order valence-electron chi connectivity index (χ0n) is 25.5. The second-order valence-electron chi connectivity index (χ2n) is 7.92. The highest BCUT2D eigenvalue weighted by Gasteiger charge is 2.01. The van der Waals surface area contributed by atoms with E-state index in [4.69, 9.17) is 4.74 Å². The van der Waals surface area contributed by atoms with Gasteiger partial charge in [0.2, 0.25) is 0 Å². The van der Waals surface area contributed by atoms with E-state index in [1.807, 2.05) is 40.7 Å². The van der Waals surface area contributed by atoms with Crippen molar-refractivity contribution in [2.45, 2.75) is 61.3 Å². The molecule has 0 aliphatic heterocycles. The van der Waals surface area contributed by atoms with Crippen LogP contribution in [0.5, 0.6) is 0 Å². The van der Waals surface area contributed by atoms with E-state index >= 15 is 0 Å². The summed E-state index contributed by atoms with van der Waals surface area (Å²) >= 11 is 0. The van der Waals surface area contributed by atoms with Gasteiger partial charge in [-0.1, -0.05) is 93.1 Å². The molecule has 1 aliphatic rings. The van der Waals surface area contributed by atoms with E-state index < -0.39 is 0 Å². The van der Waals surface area contributed by atoms with Crippen LogP contribution in [0.4, 0.5) is 8.78 Å². The van der Waals surface area contributed by atoms with Crippen LogP contribution in [-0.4, -0.2) is 41.7 Å². The third kappa shape index (κ3) is 27.9. The molecular weight excluding hydrogens is 468 g/mol. The molecule has 1 aromatic carbocycles. The predicted molar refractivity (Wildman–Crippen MR) is 162 cm³/mol. The molecule has 214 valence electrons. The first-order chi connectivity index (χ1) is 17.7. The highest BCUT2D eigenvalue weighted by Crippen LogP contribution is 2.17. The van der Waals surface area contributed by atoms with Crippen molar-refractivity contribution >= 4 is 5.57 Å². The zero-order valence-corrected chi connectivity index (χ0v) is 25.5. The summed E-state index contributed by atoms with van der Waals surface area (Å²) in [5.74, 6) is 0.722. The first kappa shape index (κ1) is 41.6. The molecule has 0 saturated heterocycles. The van der Waals surface area contributed by atoms with Crippen LogP contribution >= 0.6 is 0 Å². The summed E-state index contributed by atoms with van der Waals surface area (Å²) in [4.78, 5) is 0. The van der Waals surface area contributed by atoms with Crippen LogP contribution in [0.25, 0.3) is 5.57 Å². The lowest BCUT2D eigenvalue weighted by molar-refractivity contribution is 0.219. The molecule has 37 heavy (non-hydrogen) atoms. The summed E-state index contributed by atoms with van der Waals surface area (Å²) in [6, 6.07) is 8.34. The fourth-order valence-corrected chi connectivity index (χ4v) is 2.67. The van der Waals surface area contributed by atoms with Crippen molar-refractivity contribution < 1.29 is 18.3 Å². The number of halogens is 2. The number of alkyl halides is 2. The highest BCUT2D eigenvalue weighted by molar-refractivity contribution is 5.64. The minimum absolute atomic E-state index is 0.0244. The van der Waals surface area contributed by atoms with E-state index in [1.165, 1.54) is 23.8 Å². The molecule has 5 heteroatoms. The molecule has 1 atom stereocenters. The van der Waals surface area contributed by atoms with Gasteiger partial charge in [-0.15, -0.1) is 0 Å². The van der Waals surface area contributed by atoms with Gasteiger partial charge < -0.3 is 15.2 Å². The van der Waals surface area contributed by atoms with E-state index in [9.17, 15) is 8.78 Å². The van der Waals surface area contributed by atoms with Gasteiger partial charge in [0.25, 0.3) is 0 Å². The Balaban J connectivity index is -0.000000251. The largest absolute Gasteiger partial charge is 0.499 e. The molecule has 1 aliphatic carbocycles. The van der Waals surface area contributed by atoms with Crippen LogP contribution < -0.4 is 5.73 Å². The second-order valence-corrected chi connectivity index (χ2v) is 7.92. The fourth-order valence-electron chi connectivity index (χ4n) is 2.67. The Bertz CT molecular complexity index is 763. The summed E-state index contributed by atoms with van der Waals surface area (Å²) < 4.78 is 31.6. The maximum atomic E-state index is 12.5. The van der Waals surface area contributed by atoms with Gasteiger partial charge in [0.05, 0.1) is 26.2 Å². The van der Waals surface area contributed by atoms with Gasteiger partial charge in [-0.3, -0.25) is 8.78 Å². The predicted octanol–water partition coefficient (Wildman–Crippen LogP) is 9.08. The normalized spacial score (nSPS) is 12.2. The zero-order chi connectivity index (χ0) is 29.6. The Labute approximate surface area is 227 Å². The molecule has 2 N–H and O–H groups in total. The van der Waals surface area contributed by atoms with Crippen molar-refractivity contribution in [1.82, 2.24) is 0 Å². The first-order valence-corrected chi connectivity index (χ1v) is 12.7. The lowest BCUT2D eigenvalue weighted by Crippen LogP contribution is -1.97. The van der Waals surface area contributed by atoms with Crippen molar-refractivity contribution in [1.29, 1.82) is 0 Å². The number of hydrogen-bond donors (Lipinski definition) is 1. The first-order valence-electron chi connectivity index (χ1n) is 12.7. The fraction of sp³-hybridized carbons (Fsp3) is 0.500. The van der Waals surface area contributed by atoms with Crippen molar-refractivity contribution in [3.8, 4) is 0 Å². The van der Waals surface area contributed by atoms with E-state index in [2.05, 4.69) is 79.5 Å². The maximum absolute atomic E-state index is 12.5. The van der Waals surface area contributed by atoms with E-state index in [1.54, 1.807) is 14.2 Å². The van der Waals surface area contributed by atoms with Crippen molar-refractivity contribution in [2.75, 3.05) is 41.7 Å². The molecule has 0 radical (unpaired) electrons. The monoisotopic (exact) mass is 523 g/mol. The molecule has 0 aromatic heterocycles. The van der Waals surface area contributed by atoms with Gasteiger partial charge in [0.1, 0.15) is 0 Å². The molecular formula is C32H55F2NO2. The van der Waals surface area contributed by atoms with Crippen LogP contribution in [0.3, 0.4) is 0 Å². The third-order valence-electron chi connectivity index (χ3n) is 4.38. The standard InChI is InChI=1S/C17H23FO.C9H12.C2H6O.C2H6.CH3F.CH5N/c1-13(2)19-10-9-16-5-7-17(8-6-16)15(4)11-14(3)12-18;1-8-4-3-5-9(2)7-6-8;1-3-2;3*1-2/h5-8,11,14H,1,9-10,12H2,2-4H3;3-4,6-7H,5H2,1-2H3;1-2H3;1-2H3;1H3;2H2,1H3/b15-11+;;;;;. The van der Waals surface area contributed by atoms with Crippen molar-refractivity contribution in [3.63, 3.8) is 0 Å². The Morgan fingerprint density at radius 1 is 1.05 bits per heavy atom. The van der Waals surface area contributed by atoms with Gasteiger partial charge >= 0.3 is 0 Å². The van der Waals surface area contributed by atoms with Crippen LogP contribution in [0.2, 0.25) is 0 Å². The topological polar surface area (TPSA) is 44.5 Å². The van der Waals surface area contributed by atoms with Gasteiger partial charge in [0, 0.05) is 26.6 Å². The van der Waals surface area contributed by atoms with Crippen LogP contribution in [0.1, 0.15) is 66.0 Å². The van der Waals surface area contributed by atoms with Crippen molar-refractivity contribution in [2.24, 2.45) is 11.7 Å². The smallest absolute Gasteiger partial charge is 0.0954 e. The van der Waals surface area contributed by atoms with Crippen LogP contribution in [0, 0.1) is 5.92 Å². The lowest BCUT2D eigenvalue weighted by Gasteiger charge is -2.08. The average molecular weight is 524 g/mol. The molecule has 1 unspecified atom stereocenters. The third-order valence-corrected chi connectivity index (χ3v) is 4.38. The molecule has 2 rings (SSSR count). The minimum Gasteiger partial charge on any atom is -0.499 e.